The van der Waals surface area contributed by atoms with Gasteiger partial charge in [0.05, 0.1) is 6.61 Å². The van der Waals surface area contributed by atoms with E-state index in [1.807, 2.05) is 0 Å². The van der Waals surface area contributed by atoms with Gasteiger partial charge in [-0.05, 0) is 0 Å². The normalized spacial score (nSPS) is 29.8. The molecular formula is C15H22N2O12. The minimum Gasteiger partial charge on any atom is -0.394 e. The molecule has 0 aromatic carbocycles. The van der Waals surface area contributed by atoms with E-state index in [1.54, 1.807) is 0 Å². The van der Waals surface area contributed by atoms with Gasteiger partial charge in [-0.25, -0.2) is 4.79 Å². The van der Waals surface area contributed by atoms with E-state index < -0.39 is 80.9 Å². The number of nitrogens with zero attached hydrogens (tertiary/aromatic N) is 1. The Hall–Kier alpha value is -2.20. The van der Waals surface area contributed by atoms with Gasteiger partial charge in [0.15, 0.2) is 6.29 Å². The summed E-state index contributed by atoms with van der Waals surface area (Å²) in [6.07, 6.45) is -6.09. The zero-order valence-corrected chi connectivity index (χ0v) is 15.1. The first-order valence-electron chi connectivity index (χ1n) is 8.56. The molecule has 2 aliphatic rings. The lowest BCUT2D eigenvalue weighted by molar-refractivity contribution is -0.254. The lowest BCUT2D eigenvalue weighted by Gasteiger charge is -2.40. The number of hydrogen-bond acceptors (Lipinski definition) is 12. The van der Waals surface area contributed by atoms with E-state index in [4.69, 9.17) is 19.3 Å². The molecule has 0 aliphatic carbocycles. The van der Waals surface area contributed by atoms with Gasteiger partial charge < -0.3 is 44.8 Å². The highest BCUT2D eigenvalue weighted by atomic mass is 16.7. The largest absolute Gasteiger partial charge is 0.394 e. The van der Waals surface area contributed by atoms with Gasteiger partial charge in [0.1, 0.15) is 44.4 Å². The molecule has 14 heteroatoms. The van der Waals surface area contributed by atoms with Gasteiger partial charge in [-0.15, -0.1) is 5.06 Å². The van der Waals surface area contributed by atoms with Crippen LogP contribution in [0.25, 0.3) is 0 Å². The number of amides is 3. The second kappa shape index (κ2) is 10.5. The first-order valence-corrected chi connectivity index (χ1v) is 8.56. The number of nitrogens with one attached hydrogen (secondary N) is 1. The molecule has 2 aliphatic heterocycles. The predicted octanol–water partition coefficient (Wildman–Crippen LogP) is -4.50. The number of hydrogen-bond donors (Lipinski definition) is 5. The maximum atomic E-state index is 11.8. The Morgan fingerprint density at radius 2 is 1.69 bits per heavy atom. The molecule has 14 nitrogen and oxygen atoms in total. The van der Waals surface area contributed by atoms with Gasteiger partial charge >= 0.3 is 5.97 Å². The van der Waals surface area contributed by atoms with E-state index in [9.17, 15) is 34.5 Å². The standard InChI is InChI=1S/C15H22N2O12/c18-3-7-13(23)14(24)12(15(25)28-7)16-8(19)4-26-6-27-5-11(22)29-17-9(20)1-2-10(17)21/h7,12-15,18,23-25H,1-6H2,(H,16,19)/t7?,12?,13-,14+,15+/m0/s1. The minimum atomic E-state index is -1.67. The number of rotatable bonds is 9. The molecule has 2 unspecified atom stereocenters. The quantitative estimate of drug-likeness (QED) is 0.136. The number of imide groups is 1. The Kier molecular flexibility index (Phi) is 8.39. The Morgan fingerprint density at radius 1 is 1.07 bits per heavy atom. The highest BCUT2D eigenvalue weighted by Gasteiger charge is 2.44. The van der Waals surface area contributed by atoms with Crippen molar-refractivity contribution in [1.29, 1.82) is 0 Å². The number of carbonyl (C=O) groups is 4. The molecule has 2 saturated heterocycles. The van der Waals surface area contributed by atoms with E-state index in [1.165, 1.54) is 0 Å². The predicted molar refractivity (Wildman–Crippen MR) is 85.9 cm³/mol. The topological polar surface area (TPSA) is 201 Å². The van der Waals surface area contributed by atoms with Crippen molar-refractivity contribution < 1.29 is 58.7 Å². The van der Waals surface area contributed by atoms with Crippen molar-refractivity contribution in [1.82, 2.24) is 10.4 Å². The molecule has 2 heterocycles. The van der Waals surface area contributed by atoms with Gasteiger partial charge in [-0.3, -0.25) is 14.4 Å². The number of aliphatic hydroxyl groups excluding tert-OH is 4. The van der Waals surface area contributed by atoms with E-state index >= 15 is 0 Å². The molecule has 5 atom stereocenters. The highest BCUT2D eigenvalue weighted by Crippen LogP contribution is 2.19. The van der Waals surface area contributed by atoms with Crippen LogP contribution in [0.5, 0.6) is 0 Å². The number of carbonyl (C=O) groups excluding carboxylic acids is 4. The third-order valence-electron chi connectivity index (χ3n) is 4.05. The summed E-state index contributed by atoms with van der Waals surface area (Å²) < 4.78 is 14.5. The van der Waals surface area contributed by atoms with Crippen molar-refractivity contribution in [3.63, 3.8) is 0 Å². The molecule has 0 aromatic heterocycles. The van der Waals surface area contributed by atoms with Crippen LogP contribution >= 0.6 is 0 Å². The van der Waals surface area contributed by atoms with Gasteiger partial charge in [0, 0.05) is 12.8 Å². The van der Waals surface area contributed by atoms with Crippen molar-refractivity contribution in [2.45, 2.75) is 43.5 Å². The Labute approximate surface area is 163 Å². The smallest absolute Gasteiger partial charge is 0.358 e. The molecule has 29 heavy (non-hydrogen) atoms. The fraction of sp³-hybridized carbons (Fsp3) is 0.733. The first kappa shape index (κ1) is 23.1. The Morgan fingerprint density at radius 3 is 2.31 bits per heavy atom. The van der Waals surface area contributed by atoms with Crippen molar-refractivity contribution in [2.24, 2.45) is 0 Å². The van der Waals surface area contributed by atoms with Gasteiger partial charge in [-0.2, -0.15) is 0 Å². The summed E-state index contributed by atoms with van der Waals surface area (Å²) in [5, 5.41) is 40.9. The molecule has 0 aromatic rings. The van der Waals surface area contributed by atoms with Crippen molar-refractivity contribution in [2.75, 3.05) is 26.6 Å². The molecule has 0 bridgehead atoms. The molecule has 164 valence electrons. The SMILES string of the molecule is O=C(COCOCC(=O)ON1C(=O)CCC1=O)NC1[C@H](O)OC(CO)[C@H](O)[C@@H]1O. The maximum absolute atomic E-state index is 11.8. The summed E-state index contributed by atoms with van der Waals surface area (Å²) in [5.74, 6) is -3.09. The second-order valence-corrected chi connectivity index (χ2v) is 6.18. The third kappa shape index (κ3) is 6.14. The van der Waals surface area contributed by atoms with Crippen molar-refractivity contribution in [3.8, 4) is 0 Å². The van der Waals surface area contributed by atoms with Gasteiger partial charge in [-0.1, -0.05) is 0 Å². The molecule has 2 fully saturated rings. The van der Waals surface area contributed by atoms with Gasteiger partial charge in [0.25, 0.3) is 11.8 Å². The van der Waals surface area contributed by atoms with Crippen LogP contribution in [-0.2, 0) is 38.2 Å². The molecule has 0 saturated carbocycles. The van der Waals surface area contributed by atoms with Crippen LogP contribution in [0.15, 0.2) is 0 Å². The van der Waals surface area contributed by atoms with E-state index in [0.29, 0.717) is 5.06 Å². The van der Waals surface area contributed by atoms with Crippen molar-refractivity contribution in [3.05, 3.63) is 0 Å². The van der Waals surface area contributed by atoms with E-state index in [0.717, 1.165) is 0 Å². The summed E-state index contributed by atoms with van der Waals surface area (Å²) in [5.41, 5.74) is 0. The van der Waals surface area contributed by atoms with Crippen LogP contribution in [-0.4, -0.2) is 106 Å². The summed E-state index contributed by atoms with van der Waals surface area (Å²) in [7, 11) is 0. The minimum absolute atomic E-state index is 0.0433. The highest BCUT2D eigenvalue weighted by molar-refractivity contribution is 6.01. The fourth-order valence-electron chi connectivity index (χ4n) is 2.58. The number of ether oxygens (including phenoxy) is 3. The number of aliphatic hydroxyl groups is 4. The summed E-state index contributed by atoms with van der Waals surface area (Å²) in [6, 6.07) is -1.37. The van der Waals surface area contributed by atoms with Crippen LogP contribution < -0.4 is 5.32 Å². The van der Waals surface area contributed by atoms with Crippen LogP contribution in [0.3, 0.4) is 0 Å². The summed E-state index contributed by atoms with van der Waals surface area (Å²) in [6.45, 7) is -2.40. The van der Waals surface area contributed by atoms with Crippen LogP contribution in [0.1, 0.15) is 12.8 Å². The Bertz CT molecular complexity index is 612. The van der Waals surface area contributed by atoms with E-state index in [-0.39, 0.29) is 12.8 Å². The van der Waals surface area contributed by atoms with Crippen LogP contribution in [0.4, 0.5) is 0 Å². The molecular weight excluding hydrogens is 400 g/mol. The number of hydroxylamine groups is 2. The zero-order valence-electron chi connectivity index (χ0n) is 15.1. The monoisotopic (exact) mass is 422 g/mol. The Balaban J connectivity index is 1.63. The average Bonchev–Trinajstić information content (AvgIpc) is 2.99. The summed E-state index contributed by atoms with van der Waals surface area (Å²) in [4.78, 5) is 50.4. The molecule has 2 rings (SSSR count). The van der Waals surface area contributed by atoms with Crippen molar-refractivity contribution >= 4 is 23.7 Å². The molecule has 5 N–H and O–H groups in total. The maximum Gasteiger partial charge on any atom is 0.358 e. The lowest BCUT2D eigenvalue weighted by atomic mass is 9.97. The average molecular weight is 422 g/mol. The van der Waals surface area contributed by atoms with Crippen LogP contribution in [0, 0.1) is 0 Å². The molecule has 3 amide bonds. The van der Waals surface area contributed by atoms with E-state index in [2.05, 4.69) is 10.2 Å². The first-order chi connectivity index (χ1) is 13.7. The van der Waals surface area contributed by atoms with Crippen LogP contribution in [0.2, 0.25) is 0 Å². The third-order valence-corrected chi connectivity index (χ3v) is 4.05. The molecule has 0 radical (unpaired) electrons. The second-order valence-electron chi connectivity index (χ2n) is 6.18. The lowest BCUT2D eigenvalue weighted by Crippen LogP contribution is -2.64. The fourth-order valence-corrected chi connectivity index (χ4v) is 2.58. The zero-order chi connectivity index (χ0) is 21.6. The molecule has 0 spiro atoms. The van der Waals surface area contributed by atoms with Gasteiger partial charge in [0.2, 0.25) is 5.91 Å². The summed E-state index contributed by atoms with van der Waals surface area (Å²) >= 11 is 0.